The van der Waals surface area contributed by atoms with Gasteiger partial charge in [0, 0.05) is 51.3 Å². The number of carbonyl (C=O) groups excluding carboxylic acids is 2. The van der Waals surface area contributed by atoms with Crippen molar-refractivity contribution in [1.29, 1.82) is 0 Å². The number of likely N-dealkylation sites (N-methyl/N-ethyl adjacent to an activating group) is 1. The second kappa shape index (κ2) is 8.48. The highest BCUT2D eigenvalue weighted by Gasteiger charge is 2.25. The maximum absolute atomic E-state index is 12.5. The fourth-order valence-electron chi connectivity index (χ4n) is 3.73. The fourth-order valence-corrected chi connectivity index (χ4v) is 3.73. The molecular weight excluding hydrogens is 314 g/mol. The maximum atomic E-state index is 12.5. The molecule has 1 aromatic rings. The number of rotatable bonds is 4. The molecule has 0 aromatic heterocycles. The first-order valence-corrected chi connectivity index (χ1v) is 9.44. The summed E-state index contributed by atoms with van der Waals surface area (Å²) >= 11 is 0. The van der Waals surface area contributed by atoms with Crippen molar-refractivity contribution in [2.75, 3.05) is 46.3 Å². The van der Waals surface area contributed by atoms with Crippen molar-refractivity contribution >= 4 is 11.8 Å². The number of carbonyl (C=O) groups is 2. The number of amides is 2. The first-order valence-electron chi connectivity index (χ1n) is 9.44. The molecule has 5 heteroatoms. The van der Waals surface area contributed by atoms with Crippen LogP contribution in [0.1, 0.15) is 36.0 Å². The zero-order valence-electron chi connectivity index (χ0n) is 15.2. The van der Waals surface area contributed by atoms with E-state index in [1.54, 1.807) is 0 Å². The van der Waals surface area contributed by atoms with Gasteiger partial charge in [-0.2, -0.15) is 0 Å². The van der Waals surface area contributed by atoms with Crippen LogP contribution in [0.2, 0.25) is 0 Å². The second-order valence-electron chi connectivity index (χ2n) is 7.32. The number of hydrogen-bond acceptors (Lipinski definition) is 3. The van der Waals surface area contributed by atoms with Gasteiger partial charge in [0.15, 0.2) is 0 Å². The Bertz CT molecular complexity index is 574. The lowest BCUT2D eigenvalue weighted by Gasteiger charge is -2.34. The maximum Gasteiger partial charge on any atom is 0.253 e. The van der Waals surface area contributed by atoms with Gasteiger partial charge in [-0.05, 0) is 44.4 Å². The van der Waals surface area contributed by atoms with Gasteiger partial charge in [0.2, 0.25) is 5.91 Å². The summed E-state index contributed by atoms with van der Waals surface area (Å²) in [5, 5.41) is 0. The van der Waals surface area contributed by atoms with E-state index < -0.39 is 0 Å². The Morgan fingerprint density at radius 1 is 0.920 bits per heavy atom. The van der Waals surface area contributed by atoms with Crippen molar-refractivity contribution in [3.05, 3.63) is 35.9 Å². The van der Waals surface area contributed by atoms with Gasteiger partial charge in [0.1, 0.15) is 0 Å². The van der Waals surface area contributed by atoms with Crippen molar-refractivity contribution in [1.82, 2.24) is 14.7 Å². The van der Waals surface area contributed by atoms with E-state index in [0.717, 1.165) is 64.1 Å². The Kier molecular flexibility index (Phi) is 6.08. The average molecular weight is 343 g/mol. The molecule has 2 aliphatic heterocycles. The molecule has 0 atom stereocenters. The van der Waals surface area contributed by atoms with Gasteiger partial charge in [0.05, 0.1) is 0 Å². The van der Waals surface area contributed by atoms with Crippen molar-refractivity contribution in [3.63, 3.8) is 0 Å². The lowest BCUT2D eigenvalue weighted by atomic mass is 9.91. The molecule has 2 heterocycles. The molecule has 2 saturated heterocycles. The number of nitrogens with zero attached hydrogens (tertiary/aromatic N) is 3. The standard InChI is InChI=1S/C20H29N3O2/c1-21-13-15-22(16-14-21)19(24)8-7-17-9-11-23(12-10-17)20(25)18-5-3-2-4-6-18/h2-6,17H,7-16H2,1H3. The van der Waals surface area contributed by atoms with Crippen LogP contribution in [0.25, 0.3) is 0 Å². The second-order valence-corrected chi connectivity index (χ2v) is 7.32. The molecule has 0 N–H and O–H groups in total. The zero-order chi connectivity index (χ0) is 17.6. The molecule has 0 radical (unpaired) electrons. The van der Waals surface area contributed by atoms with Gasteiger partial charge in [-0.15, -0.1) is 0 Å². The molecule has 1 aromatic carbocycles. The number of benzene rings is 1. The zero-order valence-corrected chi connectivity index (χ0v) is 15.2. The van der Waals surface area contributed by atoms with Crippen molar-refractivity contribution in [2.45, 2.75) is 25.7 Å². The summed E-state index contributed by atoms with van der Waals surface area (Å²) in [5.74, 6) is 1.000. The summed E-state index contributed by atoms with van der Waals surface area (Å²) in [4.78, 5) is 31.0. The first-order chi connectivity index (χ1) is 12.1. The minimum Gasteiger partial charge on any atom is -0.340 e. The molecule has 2 aliphatic rings. The smallest absolute Gasteiger partial charge is 0.253 e. The van der Waals surface area contributed by atoms with E-state index in [0.29, 0.717) is 18.2 Å². The fraction of sp³-hybridized carbons (Fsp3) is 0.600. The van der Waals surface area contributed by atoms with Crippen LogP contribution in [0.4, 0.5) is 0 Å². The molecule has 136 valence electrons. The Labute approximate surface area is 150 Å². The molecule has 0 unspecified atom stereocenters. The van der Waals surface area contributed by atoms with Crippen molar-refractivity contribution in [3.8, 4) is 0 Å². The van der Waals surface area contributed by atoms with Gasteiger partial charge >= 0.3 is 0 Å². The van der Waals surface area contributed by atoms with Gasteiger partial charge in [-0.1, -0.05) is 18.2 Å². The molecule has 0 aliphatic carbocycles. The summed E-state index contributed by atoms with van der Waals surface area (Å²) in [6.07, 6.45) is 3.63. The summed E-state index contributed by atoms with van der Waals surface area (Å²) in [6, 6.07) is 9.50. The summed E-state index contributed by atoms with van der Waals surface area (Å²) in [6.45, 7) is 5.29. The highest BCUT2D eigenvalue weighted by Crippen LogP contribution is 2.23. The monoisotopic (exact) mass is 343 g/mol. The minimum absolute atomic E-state index is 0.132. The van der Waals surface area contributed by atoms with E-state index in [2.05, 4.69) is 11.9 Å². The van der Waals surface area contributed by atoms with Crippen molar-refractivity contribution in [2.24, 2.45) is 5.92 Å². The topological polar surface area (TPSA) is 43.9 Å². The molecule has 0 saturated carbocycles. The first kappa shape index (κ1) is 17.9. The third-order valence-corrected chi connectivity index (χ3v) is 5.54. The highest BCUT2D eigenvalue weighted by molar-refractivity contribution is 5.94. The van der Waals surface area contributed by atoms with Gasteiger partial charge in [0.25, 0.3) is 5.91 Å². The van der Waals surface area contributed by atoms with E-state index in [4.69, 9.17) is 0 Å². The quantitative estimate of drug-likeness (QED) is 0.841. The molecule has 0 bridgehead atoms. The van der Waals surface area contributed by atoms with Crippen LogP contribution < -0.4 is 0 Å². The Morgan fingerprint density at radius 2 is 1.56 bits per heavy atom. The SMILES string of the molecule is CN1CCN(C(=O)CCC2CCN(C(=O)c3ccccc3)CC2)CC1. The van der Waals surface area contributed by atoms with E-state index >= 15 is 0 Å². The lowest BCUT2D eigenvalue weighted by molar-refractivity contribution is -0.133. The number of piperidine rings is 1. The van der Waals surface area contributed by atoms with Crippen LogP contribution in [0.5, 0.6) is 0 Å². The summed E-state index contributed by atoms with van der Waals surface area (Å²) < 4.78 is 0. The number of hydrogen-bond donors (Lipinski definition) is 0. The lowest BCUT2D eigenvalue weighted by Crippen LogP contribution is -2.47. The largest absolute Gasteiger partial charge is 0.340 e. The van der Waals surface area contributed by atoms with E-state index in [1.165, 1.54) is 0 Å². The van der Waals surface area contributed by atoms with Gasteiger partial charge in [-0.3, -0.25) is 9.59 Å². The van der Waals surface area contributed by atoms with Crippen LogP contribution in [0.3, 0.4) is 0 Å². The Balaban J connectivity index is 1.39. The molecular formula is C20H29N3O2. The predicted molar refractivity (Wildman–Crippen MR) is 98.4 cm³/mol. The van der Waals surface area contributed by atoms with Crippen molar-refractivity contribution < 1.29 is 9.59 Å². The van der Waals surface area contributed by atoms with Crippen LogP contribution in [-0.2, 0) is 4.79 Å². The molecule has 2 amide bonds. The molecule has 25 heavy (non-hydrogen) atoms. The minimum atomic E-state index is 0.132. The van der Waals surface area contributed by atoms with E-state index in [9.17, 15) is 9.59 Å². The van der Waals surface area contributed by atoms with Crippen LogP contribution >= 0.6 is 0 Å². The third kappa shape index (κ3) is 4.82. The average Bonchev–Trinajstić information content (AvgIpc) is 2.67. The number of piperazine rings is 1. The van der Waals surface area contributed by atoms with Crippen LogP contribution in [-0.4, -0.2) is 72.8 Å². The third-order valence-electron chi connectivity index (χ3n) is 5.54. The van der Waals surface area contributed by atoms with E-state index in [1.807, 2.05) is 40.1 Å². The van der Waals surface area contributed by atoms with Gasteiger partial charge < -0.3 is 14.7 Å². The molecule has 2 fully saturated rings. The van der Waals surface area contributed by atoms with Gasteiger partial charge in [-0.25, -0.2) is 0 Å². The van der Waals surface area contributed by atoms with Crippen LogP contribution in [0, 0.1) is 5.92 Å². The highest BCUT2D eigenvalue weighted by atomic mass is 16.2. The number of likely N-dealkylation sites (tertiary alicyclic amines) is 1. The normalized spacial score (nSPS) is 19.9. The predicted octanol–water partition coefficient (Wildman–Crippen LogP) is 2.09. The Morgan fingerprint density at radius 3 is 2.20 bits per heavy atom. The molecule has 0 spiro atoms. The summed E-state index contributed by atoms with van der Waals surface area (Å²) in [7, 11) is 2.10. The molecule has 3 rings (SSSR count). The van der Waals surface area contributed by atoms with Crippen LogP contribution in [0.15, 0.2) is 30.3 Å². The van der Waals surface area contributed by atoms with E-state index in [-0.39, 0.29) is 5.91 Å². The summed E-state index contributed by atoms with van der Waals surface area (Å²) in [5.41, 5.74) is 0.770. The molecule has 5 nitrogen and oxygen atoms in total. The Hall–Kier alpha value is -1.88.